The Labute approximate surface area is 86.4 Å². The Morgan fingerprint density at radius 2 is 2.08 bits per heavy atom. The van der Waals surface area contributed by atoms with Gasteiger partial charge in [0, 0.05) is 17.5 Å². The van der Waals surface area contributed by atoms with Gasteiger partial charge in [0.2, 0.25) is 0 Å². The zero-order chi connectivity index (χ0) is 9.68. The molecule has 0 radical (unpaired) electrons. The number of rotatable bonds is 4. The fraction of sp³-hybridized carbons (Fsp3) is 0.333. The summed E-state index contributed by atoms with van der Waals surface area (Å²) in [6.07, 6.45) is 0.364. The summed E-state index contributed by atoms with van der Waals surface area (Å²) in [5.41, 5.74) is 0. The van der Waals surface area contributed by atoms with Gasteiger partial charge in [-0.15, -0.1) is 0 Å². The molecule has 1 aromatic rings. The second kappa shape index (κ2) is 5.30. The van der Waals surface area contributed by atoms with E-state index in [4.69, 9.17) is 27.9 Å². The molecule has 0 heterocycles. The van der Waals surface area contributed by atoms with Crippen LogP contribution in [0.4, 0.5) is 4.39 Å². The van der Waals surface area contributed by atoms with Crippen molar-refractivity contribution in [1.29, 1.82) is 0 Å². The second-order valence-electron chi connectivity index (χ2n) is 2.47. The van der Waals surface area contributed by atoms with Gasteiger partial charge in [-0.05, 0) is 12.1 Å². The fourth-order valence-corrected chi connectivity index (χ4v) is 1.16. The molecule has 0 fully saturated rings. The minimum Gasteiger partial charge on any atom is -0.492 e. The maximum Gasteiger partial charge on any atom is 0.139 e. The zero-order valence-electron chi connectivity index (χ0n) is 6.90. The molecule has 0 unspecified atom stereocenters. The largest absolute Gasteiger partial charge is 0.492 e. The normalized spacial score (nSPS) is 10.1. The van der Waals surface area contributed by atoms with Crippen molar-refractivity contribution < 1.29 is 9.13 Å². The molecule has 0 spiro atoms. The van der Waals surface area contributed by atoms with Gasteiger partial charge in [0.25, 0.3) is 0 Å². The fourth-order valence-electron chi connectivity index (χ4n) is 0.824. The Bertz CT molecular complexity index is 278. The van der Waals surface area contributed by atoms with Gasteiger partial charge in [-0.1, -0.05) is 23.2 Å². The van der Waals surface area contributed by atoms with Crippen LogP contribution in [0.2, 0.25) is 10.0 Å². The van der Waals surface area contributed by atoms with Crippen LogP contribution < -0.4 is 4.74 Å². The summed E-state index contributed by atoms with van der Waals surface area (Å²) < 4.78 is 16.9. The zero-order valence-corrected chi connectivity index (χ0v) is 8.41. The Hall–Kier alpha value is -0.470. The molecule has 0 aromatic heterocycles. The van der Waals surface area contributed by atoms with Gasteiger partial charge >= 0.3 is 0 Å². The van der Waals surface area contributed by atoms with E-state index in [2.05, 4.69) is 0 Å². The van der Waals surface area contributed by atoms with Crippen molar-refractivity contribution in [3.63, 3.8) is 0 Å². The summed E-state index contributed by atoms with van der Waals surface area (Å²) in [6, 6.07) is 4.93. The van der Waals surface area contributed by atoms with E-state index in [1.807, 2.05) is 0 Å². The Morgan fingerprint density at radius 1 is 1.31 bits per heavy atom. The van der Waals surface area contributed by atoms with E-state index in [0.717, 1.165) is 0 Å². The first-order valence-corrected chi connectivity index (χ1v) is 4.63. The van der Waals surface area contributed by atoms with E-state index >= 15 is 0 Å². The van der Waals surface area contributed by atoms with Crippen LogP contribution >= 0.6 is 23.2 Å². The van der Waals surface area contributed by atoms with Crippen LogP contribution in [0, 0.1) is 0 Å². The molecule has 13 heavy (non-hydrogen) atoms. The lowest BCUT2D eigenvalue weighted by atomic mass is 10.3. The predicted octanol–water partition coefficient (Wildman–Crippen LogP) is 3.73. The van der Waals surface area contributed by atoms with Crippen molar-refractivity contribution in [1.82, 2.24) is 0 Å². The van der Waals surface area contributed by atoms with Crippen molar-refractivity contribution >= 4 is 23.2 Å². The number of hydrogen-bond acceptors (Lipinski definition) is 1. The number of benzene rings is 1. The summed E-state index contributed by atoms with van der Waals surface area (Å²) in [5, 5.41) is 1.04. The third-order valence-electron chi connectivity index (χ3n) is 1.43. The molecule has 72 valence electrons. The van der Waals surface area contributed by atoms with Crippen molar-refractivity contribution in [2.75, 3.05) is 13.3 Å². The van der Waals surface area contributed by atoms with Crippen molar-refractivity contribution in [3.8, 4) is 5.75 Å². The van der Waals surface area contributed by atoms with Gasteiger partial charge in [0.05, 0.1) is 18.3 Å². The molecule has 0 saturated heterocycles. The number of hydrogen-bond donors (Lipinski definition) is 0. The standard InChI is InChI=1S/C9H9Cl2FO/c10-7-2-3-8(11)9(6-7)13-5-1-4-12/h2-3,6H,1,4-5H2. The second-order valence-corrected chi connectivity index (χ2v) is 3.31. The van der Waals surface area contributed by atoms with Crippen molar-refractivity contribution in [2.45, 2.75) is 6.42 Å². The Balaban J connectivity index is 2.59. The van der Waals surface area contributed by atoms with Crippen LogP contribution in [-0.2, 0) is 0 Å². The quantitative estimate of drug-likeness (QED) is 0.706. The molecule has 0 atom stereocenters. The average molecular weight is 223 g/mol. The molecule has 0 aliphatic rings. The summed E-state index contributed by atoms with van der Waals surface area (Å²) in [5.74, 6) is 0.502. The molecule has 1 nitrogen and oxygen atoms in total. The molecule has 0 aliphatic carbocycles. The van der Waals surface area contributed by atoms with Gasteiger partial charge in [0.1, 0.15) is 5.75 Å². The summed E-state index contributed by atoms with van der Waals surface area (Å²) in [7, 11) is 0. The molecule has 0 aliphatic heterocycles. The first kappa shape index (κ1) is 10.6. The van der Waals surface area contributed by atoms with Crippen LogP contribution in [0.25, 0.3) is 0 Å². The lowest BCUT2D eigenvalue weighted by molar-refractivity contribution is 0.290. The van der Waals surface area contributed by atoms with Gasteiger partial charge in [0.15, 0.2) is 0 Å². The molecule has 4 heteroatoms. The van der Waals surface area contributed by atoms with Crippen molar-refractivity contribution in [3.05, 3.63) is 28.2 Å². The highest BCUT2D eigenvalue weighted by molar-refractivity contribution is 6.34. The smallest absolute Gasteiger partial charge is 0.139 e. The minimum atomic E-state index is -0.391. The number of halogens is 3. The maximum atomic E-state index is 11.7. The van der Waals surface area contributed by atoms with Crippen LogP contribution in [0.1, 0.15) is 6.42 Å². The molecule has 1 aromatic carbocycles. The topological polar surface area (TPSA) is 9.23 Å². The Morgan fingerprint density at radius 3 is 2.77 bits per heavy atom. The van der Waals surface area contributed by atoms with Gasteiger partial charge in [-0.2, -0.15) is 0 Å². The van der Waals surface area contributed by atoms with E-state index < -0.39 is 6.67 Å². The average Bonchev–Trinajstić information content (AvgIpc) is 2.11. The summed E-state index contributed by atoms with van der Waals surface area (Å²) in [4.78, 5) is 0. The third kappa shape index (κ3) is 3.41. The van der Waals surface area contributed by atoms with Crippen LogP contribution in [0.5, 0.6) is 5.75 Å². The first-order chi connectivity index (χ1) is 6.24. The van der Waals surface area contributed by atoms with E-state index in [0.29, 0.717) is 28.8 Å². The Kier molecular flexibility index (Phi) is 4.33. The van der Waals surface area contributed by atoms with Crippen molar-refractivity contribution in [2.24, 2.45) is 0 Å². The molecule has 0 amide bonds. The third-order valence-corrected chi connectivity index (χ3v) is 1.98. The highest BCUT2D eigenvalue weighted by Gasteiger charge is 2.01. The van der Waals surface area contributed by atoms with Gasteiger partial charge < -0.3 is 4.74 Å². The number of ether oxygens (including phenoxy) is 1. The molecule has 0 bridgehead atoms. The predicted molar refractivity (Wildman–Crippen MR) is 52.5 cm³/mol. The maximum absolute atomic E-state index is 11.7. The molecule has 0 saturated carbocycles. The van der Waals surface area contributed by atoms with E-state index in [9.17, 15) is 4.39 Å². The summed E-state index contributed by atoms with van der Waals surface area (Å²) >= 11 is 11.5. The highest BCUT2D eigenvalue weighted by atomic mass is 35.5. The summed E-state index contributed by atoms with van der Waals surface area (Å²) in [6.45, 7) is -0.0747. The molecule has 1 rings (SSSR count). The number of alkyl halides is 1. The minimum absolute atomic E-state index is 0.316. The molecule has 0 N–H and O–H groups in total. The lowest BCUT2D eigenvalue weighted by Gasteiger charge is -2.06. The van der Waals surface area contributed by atoms with E-state index in [1.54, 1.807) is 18.2 Å². The highest BCUT2D eigenvalue weighted by Crippen LogP contribution is 2.27. The van der Waals surface area contributed by atoms with E-state index in [1.165, 1.54) is 0 Å². The monoisotopic (exact) mass is 222 g/mol. The lowest BCUT2D eigenvalue weighted by Crippen LogP contribution is -1.98. The first-order valence-electron chi connectivity index (χ1n) is 3.88. The molecular weight excluding hydrogens is 214 g/mol. The molecular formula is C9H9Cl2FO. The SMILES string of the molecule is FCCCOc1cc(Cl)ccc1Cl. The van der Waals surface area contributed by atoms with Crippen LogP contribution in [-0.4, -0.2) is 13.3 Å². The van der Waals surface area contributed by atoms with Crippen LogP contribution in [0.15, 0.2) is 18.2 Å². The van der Waals surface area contributed by atoms with Crippen LogP contribution in [0.3, 0.4) is 0 Å². The van der Waals surface area contributed by atoms with Gasteiger partial charge in [-0.3, -0.25) is 4.39 Å². The van der Waals surface area contributed by atoms with Gasteiger partial charge in [-0.25, -0.2) is 0 Å². The van der Waals surface area contributed by atoms with E-state index in [-0.39, 0.29) is 0 Å².